The molecule has 0 saturated heterocycles. The van der Waals surface area contributed by atoms with E-state index in [0.717, 1.165) is 11.1 Å². The maximum absolute atomic E-state index is 13.0. The molecule has 31 heavy (non-hydrogen) atoms. The van der Waals surface area contributed by atoms with Crippen molar-refractivity contribution in [2.75, 3.05) is 0 Å². The standard InChI is InChI=1S/C26H27NO4/c1-19(2)24(27-26(29)31-18-21-11-7-4-8-12-21)25(28)22-13-15-23(16-14-22)30-17-20-9-5-3-6-10-20/h3-16,19,24H,17-18H2,1-2H3,(H,27,29). The summed E-state index contributed by atoms with van der Waals surface area (Å²) in [5.74, 6) is 0.420. The molecular weight excluding hydrogens is 390 g/mol. The average Bonchev–Trinajstić information content (AvgIpc) is 2.81. The molecule has 1 unspecified atom stereocenters. The van der Waals surface area contributed by atoms with Crippen LogP contribution in [0.4, 0.5) is 4.79 Å². The fourth-order valence-electron chi connectivity index (χ4n) is 3.06. The molecule has 3 aromatic carbocycles. The lowest BCUT2D eigenvalue weighted by Crippen LogP contribution is -2.44. The summed E-state index contributed by atoms with van der Waals surface area (Å²) in [7, 11) is 0. The van der Waals surface area contributed by atoms with Gasteiger partial charge in [0.2, 0.25) is 0 Å². The molecule has 0 aromatic heterocycles. The third kappa shape index (κ3) is 6.71. The van der Waals surface area contributed by atoms with E-state index >= 15 is 0 Å². The molecule has 0 aliphatic carbocycles. The molecule has 0 radical (unpaired) electrons. The molecular formula is C26H27NO4. The molecule has 0 aliphatic rings. The predicted molar refractivity (Wildman–Crippen MR) is 120 cm³/mol. The number of alkyl carbamates (subject to hydrolysis) is 1. The van der Waals surface area contributed by atoms with Crippen LogP contribution in [0.1, 0.15) is 35.3 Å². The zero-order valence-corrected chi connectivity index (χ0v) is 17.8. The molecule has 0 spiro atoms. The topological polar surface area (TPSA) is 64.6 Å². The first-order valence-electron chi connectivity index (χ1n) is 10.3. The predicted octanol–water partition coefficient (Wildman–Crippen LogP) is 5.40. The van der Waals surface area contributed by atoms with Gasteiger partial charge in [-0.25, -0.2) is 4.79 Å². The van der Waals surface area contributed by atoms with Gasteiger partial charge in [0.1, 0.15) is 19.0 Å². The molecule has 0 fully saturated rings. The van der Waals surface area contributed by atoms with Crippen molar-refractivity contribution in [1.29, 1.82) is 0 Å². The largest absolute Gasteiger partial charge is 0.489 e. The zero-order chi connectivity index (χ0) is 22.1. The van der Waals surface area contributed by atoms with Gasteiger partial charge in [0.15, 0.2) is 5.78 Å². The molecule has 1 N–H and O–H groups in total. The SMILES string of the molecule is CC(C)C(NC(=O)OCc1ccccc1)C(=O)c1ccc(OCc2ccccc2)cc1. The molecule has 160 valence electrons. The first kappa shape index (κ1) is 22.1. The molecule has 0 heterocycles. The Labute approximate surface area is 183 Å². The fraction of sp³-hybridized carbons (Fsp3) is 0.231. The van der Waals surface area contributed by atoms with Crippen molar-refractivity contribution in [3.05, 3.63) is 102 Å². The second-order valence-corrected chi connectivity index (χ2v) is 7.59. The summed E-state index contributed by atoms with van der Waals surface area (Å²) in [4.78, 5) is 25.2. The van der Waals surface area contributed by atoms with Gasteiger partial charge in [0.05, 0.1) is 6.04 Å². The second kappa shape index (κ2) is 11.0. The van der Waals surface area contributed by atoms with E-state index in [4.69, 9.17) is 9.47 Å². The number of carbonyl (C=O) groups excluding carboxylic acids is 2. The lowest BCUT2D eigenvalue weighted by Gasteiger charge is -2.21. The summed E-state index contributed by atoms with van der Waals surface area (Å²) in [6.07, 6.45) is -0.612. The Kier molecular flexibility index (Phi) is 7.82. The van der Waals surface area contributed by atoms with Crippen LogP contribution in [0.15, 0.2) is 84.9 Å². The summed E-state index contributed by atoms with van der Waals surface area (Å²) in [5.41, 5.74) is 2.46. The third-order valence-corrected chi connectivity index (χ3v) is 4.82. The minimum Gasteiger partial charge on any atom is -0.489 e. The van der Waals surface area contributed by atoms with E-state index in [1.165, 1.54) is 0 Å². The van der Waals surface area contributed by atoms with Crippen molar-refractivity contribution < 1.29 is 19.1 Å². The van der Waals surface area contributed by atoms with Crippen LogP contribution in [0.5, 0.6) is 5.75 Å². The number of nitrogens with one attached hydrogen (secondary N) is 1. The van der Waals surface area contributed by atoms with Crippen LogP contribution in [-0.2, 0) is 18.0 Å². The summed E-state index contributed by atoms with van der Waals surface area (Å²) in [6, 6.07) is 25.6. The van der Waals surface area contributed by atoms with Gasteiger partial charge in [-0.05, 0) is 41.3 Å². The van der Waals surface area contributed by atoms with Crippen molar-refractivity contribution in [2.24, 2.45) is 5.92 Å². The molecule has 5 heteroatoms. The molecule has 0 bridgehead atoms. The van der Waals surface area contributed by atoms with Crippen LogP contribution in [0.3, 0.4) is 0 Å². The maximum Gasteiger partial charge on any atom is 0.408 e. The normalized spacial score (nSPS) is 11.6. The number of hydrogen-bond donors (Lipinski definition) is 1. The number of hydrogen-bond acceptors (Lipinski definition) is 4. The maximum atomic E-state index is 13.0. The molecule has 0 saturated carbocycles. The lowest BCUT2D eigenvalue weighted by atomic mass is 9.95. The Morgan fingerprint density at radius 3 is 1.87 bits per heavy atom. The van der Waals surface area contributed by atoms with Crippen LogP contribution < -0.4 is 10.1 Å². The van der Waals surface area contributed by atoms with Crippen molar-refractivity contribution in [1.82, 2.24) is 5.32 Å². The van der Waals surface area contributed by atoms with Crippen molar-refractivity contribution >= 4 is 11.9 Å². The first-order chi connectivity index (χ1) is 15.0. The van der Waals surface area contributed by atoms with Gasteiger partial charge in [0, 0.05) is 5.56 Å². The monoisotopic (exact) mass is 417 g/mol. The molecule has 3 aromatic rings. The van der Waals surface area contributed by atoms with Gasteiger partial charge in [-0.1, -0.05) is 74.5 Å². The van der Waals surface area contributed by atoms with Crippen LogP contribution >= 0.6 is 0 Å². The van der Waals surface area contributed by atoms with Crippen molar-refractivity contribution in [3.63, 3.8) is 0 Å². The zero-order valence-electron chi connectivity index (χ0n) is 17.8. The smallest absolute Gasteiger partial charge is 0.408 e. The van der Waals surface area contributed by atoms with Crippen molar-refractivity contribution in [2.45, 2.75) is 33.1 Å². The Morgan fingerprint density at radius 2 is 1.32 bits per heavy atom. The summed E-state index contributed by atoms with van der Waals surface area (Å²) >= 11 is 0. The van der Waals surface area contributed by atoms with E-state index in [1.807, 2.05) is 74.5 Å². The van der Waals surface area contributed by atoms with Gasteiger partial charge in [0.25, 0.3) is 0 Å². The van der Waals surface area contributed by atoms with Gasteiger partial charge < -0.3 is 14.8 Å². The quantitative estimate of drug-likeness (QED) is 0.474. The van der Waals surface area contributed by atoms with Gasteiger partial charge in [-0.3, -0.25) is 4.79 Å². The number of Topliss-reactive ketones (excluding diaryl/α,β-unsaturated/α-hetero) is 1. The Bertz CT molecular complexity index is 969. The van der Waals surface area contributed by atoms with Gasteiger partial charge in [-0.15, -0.1) is 0 Å². The number of amides is 1. The highest BCUT2D eigenvalue weighted by Gasteiger charge is 2.26. The Hall–Kier alpha value is -3.60. The summed E-state index contributed by atoms with van der Waals surface area (Å²) in [5, 5.41) is 2.70. The minimum atomic E-state index is -0.681. The molecule has 0 aliphatic heterocycles. The number of ketones is 1. The average molecular weight is 418 g/mol. The Balaban J connectivity index is 1.56. The van der Waals surface area contributed by atoms with E-state index in [9.17, 15) is 9.59 Å². The van der Waals surface area contributed by atoms with E-state index in [0.29, 0.717) is 17.9 Å². The number of benzene rings is 3. The summed E-state index contributed by atoms with van der Waals surface area (Å²) < 4.78 is 11.0. The third-order valence-electron chi connectivity index (χ3n) is 4.82. The Morgan fingerprint density at radius 1 is 0.774 bits per heavy atom. The highest BCUT2D eigenvalue weighted by molar-refractivity contribution is 6.01. The molecule has 1 amide bonds. The summed E-state index contributed by atoms with van der Waals surface area (Å²) in [6.45, 7) is 4.38. The number of ether oxygens (including phenoxy) is 2. The number of rotatable bonds is 9. The number of carbonyl (C=O) groups is 2. The fourth-order valence-corrected chi connectivity index (χ4v) is 3.06. The van der Waals surface area contributed by atoms with E-state index in [1.54, 1.807) is 24.3 Å². The molecule has 1 atom stereocenters. The van der Waals surface area contributed by atoms with Crippen LogP contribution in [-0.4, -0.2) is 17.9 Å². The van der Waals surface area contributed by atoms with E-state index in [-0.39, 0.29) is 18.3 Å². The highest BCUT2D eigenvalue weighted by Crippen LogP contribution is 2.17. The van der Waals surface area contributed by atoms with Gasteiger partial charge in [-0.2, -0.15) is 0 Å². The van der Waals surface area contributed by atoms with Gasteiger partial charge >= 0.3 is 6.09 Å². The van der Waals surface area contributed by atoms with Crippen molar-refractivity contribution in [3.8, 4) is 5.75 Å². The van der Waals surface area contributed by atoms with E-state index in [2.05, 4.69) is 5.32 Å². The molecule has 3 rings (SSSR count). The minimum absolute atomic E-state index is 0.0919. The lowest BCUT2D eigenvalue weighted by molar-refractivity contribution is 0.0886. The highest BCUT2D eigenvalue weighted by atomic mass is 16.5. The second-order valence-electron chi connectivity index (χ2n) is 7.59. The van der Waals surface area contributed by atoms with Crippen LogP contribution in [0, 0.1) is 5.92 Å². The van der Waals surface area contributed by atoms with Crippen LogP contribution in [0.25, 0.3) is 0 Å². The first-order valence-corrected chi connectivity index (χ1v) is 10.3. The van der Waals surface area contributed by atoms with E-state index < -0.39 is 12.1 Å². The van der Waals surface area contributed by atoms with Crippen LogP contribution in [0.2, 0.25) is 0 Å². The molecule has 5 nitrogen and oxygen atoms in total.